The SMILES string of the molecule is CCOC(=O)C1CCN(C(=O)c2nc(=O)[nH]c3ccccc23)CC1. The lowest BCUT2D eigenvalue weighted by Crippen LogP contribution is -2.41. The summed E-state index contributed by atoms with van der Waals surface area (Å²) >= 11 is 0. The van der Waals surface area contributed by atoms with Crippen molar-refractivity contribution in [1.29, 1.82) is 0 Å². The van der Waals surface area contributed by atoms with Gasteiger partial charge in [0, 0.05) is 18.5 Å². The molecule has 1 saturated heterocycles. The van der Waals surface area contributed by atoms with E-state index in [-0.39, 0.29) is 23.5 Å². The third kappa shape index (κ3) is 3.15. The van der Waals surface area contributed by atoms with Crippen LogP contribution in [0.1, 0.15) is 30.3 Å². The zero-order valence-corrected chi connectivity index (χ0v) is 13.4. The molecule has 0 unspecified atom stereocenters. The Bertz CT molecular complexity index is 822. The third-order valence-electron chi connectivity index (χ3n) is 4.24. The summed E-state index contributed by atoms with van der Waals surface area (Å²) < 4.78 is 5.03. The number of fused-ring (bicyclic) bond motifs is 1. The van der Waals surface area contributed by atoms with E-state index in [1.165, 1.54) is 0 Å². The number of ether oxygens (including phenoxy) is 1. The number of benzene rings is 1. The van der Waals surface area contributed by atoms with Gasteiger partial charge in [0.05, 0.1) is 18.0 Å². The lowest BCUT2D eigenvalue weighted by atomic mass is 9.96. The van der Waals surface area contributed by atoms with Crippen molar-refractivity contribution in [3.05, 3.63) is 40.4 Å². The Balaban J connectivity index is 1.79. The summed E-state index contributed by atoms with van der Waals surface area (Å²) in [6, 6.07) is 7.09. The van der Waals surface area contributed by atoms with Gasteiger partial charge in [-0.2, -0.15) is 4.98 Å². The lowest BCUT2D eigenvalue weighted by molar-refractivity contribution is -0.149. The summed E-state index contributed by atoms with van der Waals surface area (Å²) in [5.41, 5.74) is 0.199. The molecule has 3 rings (SSSR count). The number of esters is 1. The number of nitrogens with zero attached hydrogens (tertiary/aromatic N) is 2. The van der Waals surface area contributed by atoms with Crippen molar-refractivity contribution < 1.29 is 14.3 Å². The topological polar surface area (TPSA) is 92.4 Å². The minimum atomic E-state index is -0.543. The van der Waals surface area contributed by atoms with Crippen LogP contribution in [0.15, 0.2) is 29.1 Å². The average molecular weight is 329 g/mol. The van der Waals surface area contributed by atoms with E-state index in [4.69, 9.17) is 4.74 Å². The van der Waals surface area contributed by atoms with E-state index >= 15 is 0 Å². The predicted octanol–water partition coefficient (Wildman–Crippen LogP) is 1.34. The second-order valence-electron chi connectivity index (χ2n) is 5.75. The molecule has 0 aliphatic carbocycles. The van der Waals surface area contributed by atoms with Gasteiger partial charge in [-0.15, -0.1) is 0 Å². The molecule has 7 heteroatoms. The molecule has 1 aliphatic heterocycles. The molecular formula is C17H19N3O4. The Morgan fingerprint density at radius 2 is 2.00 bits per heavy atom. The summed E-state index contributed by atoms with van der Waals surface area (Å²) in [6.07, 6.45) is 1.12. The molecule has 2 aromatic rings. The molecule has 1 N–H and O–H groups in total. The highest BCUT2D eigenvalue weighted by Crippen LogP contribution is 2.21. The molecule has 1 amide bonds. The van der Waals surface area contributed by atoms with Crippen LogP contribution in [0, 0.1) is 5.92 Å². The Morgan fingerprint density at radius 3 is 2.71 bits per heavy atom. The molecule has 0 radical (unpaired) electrons. The molecule has 0 spiro atoms. The highest BCUT2D eigenvalue weighted by Gasteiger charge is 2.29. The quantitative estimate of drug-likeness (QED) is 0.858. The van der Waals surface area contributed by atoms with Crippen molar-refractivity contribution in [2.75, 3.05) is 19.7 Å². The van der Waals surface area contributed by atoms with Gasteiger partial charge in [0.15, 0.2) is 0 Å². The number of piperidine rings is 1. The zero-order valence-electron chi connectivity index (χ0n) is 13.4. The van der Waals surface area contributed by atoms with Crippen LogP contribution in [0.4, 0.5) is 0 Å². The van der Waals surface area contributed by atoms with Crippen LogP contribution < -0.4 is 5.69 Å². The van der Waals surface area contributed by atoms with E-state index in [0.29, 0.717) is 43.4 Å². The maximum atomic E-state index is 12.8. The number of hydrogen-bond acceptors (Lipinski definition) is 5. The van der Waals surface area contributed by atoms with E-state index in [1.54, 1.807) is 36.1 Å². The lowest BCUT2D eigenvalue weighted by Gasteiger charge is -2.30. The average Bonchev–Trinajstić information content (AvgIpc) is 2.60. The van der Waals surface area contributed by atoms with Crippen molar-refractivity contribution in [2.45, 2.75) is 19.8 Å². The van der Waals surface area contributed by atoms with Crippen LogP contribution in [-0.4, -0.2) is 46.4 Å². The van der Waals surface area contributed by atoms with Crippen LogP contribution in [0.2, 0.25) is 0 Å². The first-order valence-corrected chi connectivity index (χ1v) is 8.05. The van der Waals surface area contributed by atoms with E-state index in [9.17, 15) is 14.4 Å². The first-order chi connectivity index (χ1) is 11.6. The summed E-state index contributed by atoms with van der Waals surface area (Å²) in [5.74, 6) is -0.651. The normalized spacial score (nSPS) is 15.5. The smallest absolute Gasteiger partial charge is 0.346 e. The van der Waals surface area contributed by atoms with Crippen LogP contribution in [0.3, 0.4) is 0 Å². The second-order valence-corrected chi connectivity index (χ2v) is 5.75. The molecule has 1 aromatic heterocycles. The fourth-order valence-electron chi connectivity index (χ4n) is 2.99. The first-order valence-electron chi connectivity index (χ1n) is 8.05. The van der Waals surface area contributed by atoms with Gasteiger partial charge in [0.1, 0.15) is 5.69 Å². The van der Waals surface area contributed by atoms with Crippen LogP contribution >= 0.6 is 0 Å². The van der Waals surface area contributed by atoms with E-state index in [1.807, 2.05) is 0 Å². The monoisotopic (exact) mass is 329 g/mol. The number of aromatic amines is 1. The number of likely N-dealkylation sites (tertiary alicyclic amines) is 1. The highest BCUT2D eigenvalue weighted by atomic mass is 16.5. The number of carbonyl (C=O) groups is 2. The number of amides is 1. The maximum Gasteiger partial charge on any atom is 0.346 e. The number of para-hydroxylation sites is 1. The molecule has 0 saturated carbocycles. The van der Waals surface area contributed by atoms with E-state index in [0.717, 1.165) is 0 Å². The predicted molar refractivity (Wildman–Crippen MR) is 87.6 cm³/mol. The largest absolute Gasteiger partial charge is 0.466 e. The van der Waals surface area contributed by atoms with Gasteiger partial charge in [-0.25, -0.2) is 4.79 Å². The fraction of sp³-hybridized carbons (Fsp3) is 0.412. The number of rotatable bonds is 3. The van der Waals surface area contributed by atoms with E-state index in [2.05, 4.69) is 9.97 Å². The van der Waals surface area contributed by atoms with Crippen molar-refractivity contribution in [2.24, 2.45) is 5.92 Å². The molecule has 126 valence electrons. The van der Waals surface area contributed by atoms with E-state index < -0.39 is 5.69 Å². The number of nitrogens with one attached hydrogen (secondary N) is 1. The first kappa shape index (κ1) is 16.2. The summed E-state index contributed by atoms with van der Waals surface area (Å²) in [7, 11) is 0. The Kier molecular flexibility index (Phi) is 4.59. The summed E-state index contributed by atoms with van der Waals surface area (Å²) in [6.45, 7) is 3.04. The van der Waals surface area contributed by atoms with Crippen molar-refractivity contribution in [3.63, 3.8) is 0 Å². The van der Waals surface area contributed by atoms with Gasteiger partial charge in [0.25, 0.3) is 5.91 Å². The maximum absolute atomic E-state index is 12.8. The third-order valence-corrected chi connectivity index (χ3v) is 4.24. The van der Waals surface area contributed by atoms with Gasteiger partial charge in [-0.3, -0.25) is 9.59 Å². The number of carbonyl (C=O) groups excluding carboxylic acids is 2. The number of H-pyrrole nitrogens is 1. The Hall–Kier alpha value is -2.70. The molecule has 2 heterocycles. The molecule has 1 aliphatic rings. The summed E-state index contributed by atoms with van der Waals surface area (Å²) in [4.78, 5) is 44.4. The number of hydrogen-bond donors (Lipinski definition) is 1. The second kappa shape index (κ2) is 6.82. The van der Waals surface area contributed by atoms with Gasteiger partial charge in [-0.1, -0.05) is 18.2 Å². The van der Waals surface area contributed by atoms with Gasteiger partial charge < -0.3 is 14.6 Å². The molecule has 7 nitrogen and oxygen atoms in total. The van der Waals surface area contributed by atoms with Crippen molar-refractivity contribution >= 4 is 22.8 Å². The molecule has 24 heavy (non-hydrogen) atoms. The minimum absolute atomic E-state index is 0.156. The Labute approximate surface area is 138 Å². The van der Waals surface area contributed by atoms with Crippen LogP contribution in [0.5, 0.6) is 0 Å². The standard InChI is InChI=1S/C17H19N3O4/c1-2-24-16(22)11-7-9-20(10-8-11)15(21)14-12-5-3-4-6-13(12)18-17(23)19-14/h3-6,11H,2,7-10H2,1H3,(H,18,19,23). The number of aromatic nitrogens is 2. The molecule has 1 fully saturated rings. The zero-order chi connectivity index (χ0) is 17.1. The van der Waals surface area contributed by atoms with Gasteiger partial charge in [-0.05, 0) is 25.8 Å². The summed E-state index contributed by atoms with van der Waals surface area (Å²) in [5, 5.41) is 0.620. The molecule has 0 bridgehead atoms. The molecular weight excluding hydrogens is 310 g/mol. The molecule has 1 aromatic carbocycles. The minimum Gasteiger partial charge on any atom is -0.466 e. The fourth-order valence-corrected chi connectivity index (χ4v) is 2.99. The van der Waals surface area contributed by atoms with Crippen molar-refractivity contribution in [3.8, 4) is 0 Å². The highest BCUT2D eigenvalue weighted by molar-refractivity contribution is 6.04. The Morgan fingerprint density at radius 1 is 1.29 bits per heavy atom. The molecule has 0 atom stereocenters. The van der Waals surface area contributed by atoms with Gasteiger partial charge >= 0.3 is 11.7 Å². The van der Waals surface area contributed by atoms with Crippen LogP contribution in [0.25, 0.3) is 10.9 Å². The van der Waals surface area contributed by atoms with Crippen molar-refractivity contribution in [1.82, 2.24) is 14.9 Å². The van der Waals surface area contributed by atoms with Crippen LogP contribution in [-0.2, 0) is 9.53 Å². The van der Waals surface area contributed by atoms with Gasteiger partial charge in [0.2, 0.25) is 0 Å².